The van der Waals surface area contributed by atoms with Crippen LogP contribution in [0.15, 0.2) is 82.6 Å². The monoisotopic (exact) mass is 1080 g/mol. The van der Waals surface area contributed by atoms with Gasteiger partial charge in [0.05, 0.1) is 38.6 Å². The lowest BCUT2D eigenvalue weighted by atomic mass is 9.89. The van der Waals surface area contributed by atoms with Crippen LogP contribution >= 0.6 is 20.4 Å². The average molecular weight is 1080 g/mol. The SMILES string of the molecule is FC(F)=CC(CCCCCOc1ccc(C2CCC(c3cc(F)c(S(F)(F)(F)(F)F)c(F)c3)OC2)c(F)c1)CCCCCOc1ccc(C2CCC(c3cc(F)c(S(F)(F)(F)(F)F)c(F)c3)OC2)c(F)c1. The first-order valence-corrected chi connectivity index (χ1v) is 26.2. The van der Waals surface area contributed by atoms with E-state index in [0.717, 1.165) is 18.2 Å². The third-order valence-electron chi connectivity index (χ3n) is 12.3. The lowest BCUT2D eigenvalue weighted by Crippen LogP contribution is -2.21. The zero-order valence-corrected chi connectivity index (χ0v) is 38.9. The van der Waals surface area contributed by atoms with Crippen molar-refractivity contribution < 1.29 is 92.9 Å². The number of allylic oxidation sites excluding steroid dienone is 1. The molecule has 0 radical (unpaired) electrons. The Bertz CT molecular complexity index is 2350. The first-order valence-electron chi connectivity index (χ1n) is 22.3. The summed E-state index contributed by atoms with van der Waals surface area (Å²) < 4.78 is 267. The molecular formula is C47H48F18O4S2. The molecule has 2 saturated heterocycles. The number of benzene rings is 4. The molecule has 0 amide bonds. The van der Waals surface area contributed by atoms with Crippen LogP contribution < -0.4 is 9.47 Å². The van der Waals surface area contributed by atoms with E-state index in [-0.39, 0.29) is 99.0 Å². The van der Waals surface area contributed by atoms with Gasteiger partial charge < -0.3 is 18.9 Å². The maximum Gasteiger partial charge on any atom is 0.315 e. The summed E-state index contributed by atoms with van der Waals surface area (Å²) in [6, 6.07) is 8.87. The number of halogens is 18. The molecule has 2 aliphatic rings. The van der Waals surface area contributed by atoms with E-state index in [1.54, 1.807) is 0 Å². The van der Waals surface area contributed by atoms with Crippen LogP contribution in [0.3, 0.4) is 0 Å². The van der Waals surface area contributed by atoms with Gasteiger partial charge in [-0.05, 0) is 122 Å². The van der Waals surface area contributed by atoms with Crippen molar-refractivity contribution in [2.75, 3.05) is 26.4 Å². The van der Waals surface area contributed by atoms with E-state index in [2.05, 4.69) is 0 Å². The van der Waals surface area contributed by atoms with Crippen LogP contribution in [-0.4, -0.2) is 26.4 Å². The van der Waals surface area contributed by atoms with Gasteiger partial charge in [0.1, 0.15) is 46.4 Å². The van der Waals surface area contributed by atoms with Crippen molar-refractivity contribution in [2.24, 2.45) is 5.92 Å². The summed E-state index contributed by atoms with van der Waals surface area (Å²) in [7, 11) is -21.3. The summed E-state index contributed by atoms with van der Waals surface area (Å²) in [5.41, 5.74) is -0.373. The molecule has 4 unspecified atom stereocenters. The zero-order chi connectivity index (χ0) is 52.3. The minimum atomic E-state index is -10.6. The molecule has 0 N–H and O–H groups in total. The van der Waals surface area contributed by atoms with Gasteiger partial charge in [-0.2, -0.15) is 8.78 Å². The van der Waals surface area contributed by atoms with E-state index in [1.165, 1.54) is 24.3 Å². The summed E-state index contributed by atoms with van der Waals surface area (Å²) in [5, 5.41) is 0. The maximum absolute atomic E-state index is 15.1. The van der Waals surface area contributed by atoms with E-state index in [9.17, 15) is 65.2 Å². The smallest absolute Gasteiger partial charge is 0.315 e. The lowest BCUT2D eigenvalue weighted by Gasteiger charge is -2.41. The van der Waals surface area contributed by atoms with Crippen LogP contribution in [0.4, 0.5) is 74.0 Å². The van der Waals surface area contributed by atoms with Gasteiger partial charge in [0, 0.05) is 24.0 Å². The van der Waals surface area contributed by atoms with Crippen molar-refractivity contribution >= 4 is 20.4 Å². The van der Waals surface area contributed by atoms with E-state index in [1.807, 2.05) is 0 Å². The molecule has 0 aromatic heterocycles. The number of rotatable bonds is 21. The van der Waals surface area contributed by atoms with Gasteiger partial charge in [0.15, 0.2) is 9.79 Å². The molecule has 2 heterocycles. The molecule has 0 spiro atoms. The van der Waals surface area contributed by atoms with E-state index in [0.29, 0.717) is 51.4 Å². The molecule has 0 aliphatic carbocycles. The van der Waals surface area contributed by atoms with Gasteiger partial charge in [-0.25, -0.2) is 26.3 Å². The third kappa shape index (κ3) is 15.3. The van der Waals surface area contributed by atoms with Crippen molar-refractivity contribution in [1.29, 1.82) is 0 Å². The Morgan fingerprint density at radius 2 is 0.859 bits per heavy atom. The summed E-state index contributed by atoms with van der Waals surface area (Å²) in [5.74, 6) is -12.2. The maximum atomic E-state index is 15.1. The second-order valence-electron chi connectivity index (χ2n) is 17.7. The summed E-state index contributed by atoms with van der Waals surface area (Å²) in [6.07, 6.45) is 1.64. The van der Waals surface area contributed by atoms with Crippen LogP contribution in [0, 0.1) is 40.8 Å². The predicted molar refractivity (Wildman–Crippen MR) is 231 cm³/mol. The van der Waals surface area contributed by atoms with Crippen LogP contribution in [0.1, 0.15) is 123 Å². The normalized spacial score (nSPS) is 21.3. The summed E-state index contributed by atoms with van der Waals surface area (Å²) in [6.45, 7) is 0.0178. The molecule has 2 fully saturated rings. The Kier molecular flexibility index (Phi) is 15.8. The number of hydrogen-bond donors (Lipinski definition) is 0. The highest BCUT2D eigenvalue weighted by Crippen LogP contribution is 3.03. The van der Waals surface area contributed by atoms with E-state index < -0.39 is 112 Å². The van der Waals surface area contributed by atoms with Gasteiger partial charge >= 0.3 is 20.4 Å². The van der Waals surface area contributed by atoms with E-state index in [4.69, 9.17) is 18.9 Å². The lowest BCUT2D eigenvalue weighted by molar-refractivity contribution is 0.00126. The Hall–Kier alpha value is -4.42. The van der Waals surface area contributed by atoms with Crippen LogP contribution in [-0.2, 0) is 9.47 Å². The second kappa shape index (κ2) is 20.1. The third-order valence-corrected chi connectivity index (χ3v) is 14.6. The molecule has 24 heteroatoms. The minimum Gasteiger partial charge on any atom is -0.493 e. The topological polar surface area (TPSA) is 36.9 Å². The van der Waals surface area contributed by atoms with E-state index >= 15 is 8.78 Å². The predicted octanol–water partition coefficient (Wildman–Crippen LogP) is 19.1. The molecule has 4 aromatic rings. The molecule has 2 aliphatic heterocycles. The quantitative estimate of drug-likeness (QED) is 0.0615. The fourth-order valence-corrected chi connectivity index (χ4v) is 10.6. The highest BCUT2D eigenvalue weighted by molar-refractivity contribution is 8.46. The highest BCUT2D eigenvalue weighted by Gasteiger charge is 2.70. The summed E-state index contributed by atoms with van der Waals surface area (Å²) in [4.78, 5) is -6.45. The van der Waals surface area contributed by atoms with Crippen LogP contribution in [0.2, 0.25) is 0 Å². The Labute approximate surface area is 397 Å². The second-order valence-corrected chi connectivity index (χ2v) is 22.4. The fourth-order valence-electron chi connectivity index (χ4n) is 8.88. The first-order chi connectivity index (χ1) is 32.8. The van der Waals surface area contributed by atoms with Crippen molar-refractivity contribution in [3.63, 3.8) is 0 Å². The molecule has 6 rings (SSSR count). The Balaban J connectivity index is 0.855. The van der Waals surface area contributed by atoms with Gasteiger partial charge in [-0.1, -0.05) is 76.7 Å². The Morgan fingerprint density at radius 3 is 1.15 bits per heavy atom. The van der Waals surface area contributed by atoms with Crippen molar-refractivity contribution in [2.45, 2.75) is 111 Å². The van der Waals surface area contributed by atoms with Crippen molar-refractivity contribution in [1.82, 2.24) is 0 Å². The Morgan fingerprint density at radius 1 is 0.493 bits per heavy atom. The van der Waals surface area contributed by atoms with Gasteiger partial charge in [0.25, 0.3) is 6.08 Å². The molecule has 4 atom stereocenters. The van der Waals surface area contributed by atoms with Gasteiger partial charge in [-0.3, -0.25) is 0 Å². The van der Waals surface area contributed by atoms with Gasteiger partial charge in [0.2, 0.25) is 0 Å². The first kappa shape index (κ1) is 55.9. The molecule has 4 aromatic carbocycles. The largest absolute Gasteiger partial charge is 0.493 e. The minimum absolute atomic E-state index is 0.00323. The fraction of sp³-hybridized carbons (Fsp3) is 0.447. The molecule has 0 bridgehead atoms. The zero-order valence-electron chi connectivity index (χ0n) is 37.3. The molecule has 398 valence electrons. The van der Waals surface area contributed by atoms with Crippen molar-refractivity contribution in [3.05, 3.63) is 130 Å². The highest BCUT2D eigenvalue weighted by atomic mass is 32.5. The van der Waals surface area contributed by atoms with Gasteiger partial charge in [-0.15, -0.1) is 0 Å². The molecule has 71 heavy (non-hydrogen) atoms. The molecule has 4 nitrogen and oxygen atoms in total. The number of ether oxygens (including phenoxy) is 4. The molecular weight excluding hydrogens is 1030 g/mol. The number of hydrogen-bond acceptors (Lipinski definition) is 4. The van der Waals surface area contributed by atoms with Crippen LogP contribution in [0.5, 0.6) is 11.5 Å². The van der Waals surface area contributed by atoms with Crippen molar-refractivity contribution in [3.8, 4) is 11.5 Å². The summed E-state index contributed by atoms with van der Waals surface area (Å²) >= 11 is 0. The van der Waals surface area contributed by atoms with Crippen LogP contribution in [0.25, 0.3) is 0 Å². The number of unbranched alkanes of at least 4 members (excludes halogenated alkanes) is 4. The average Bonchev–Trinajstić information content (AvgIpc) is 3.23. The standard InChI is InChI=1S/C47H48F18O4S2/c48-37-24-33(11-13-35(37)29-9-15-43(68-26-29)31-20-39(50)46(40(51)21-31)70(56,57,58,59)60)66-17-5-1-3-7-28(19-45(54)55)8-4-2-6-18-67-34-12-14-36(38(49)25-34)30-10-16-44(69-27-30)32-22-41(52)47(42(53)23-32)71(61,62,63,64)65/h11-14,19-25,28-30,43-44H,1-10,15-18,26-27H2. The molecule has 0 saturated carbocycles.